The molecule has 0 aliphatic carbocycles. The molecule has 0 atom stereocenters. The van der Waals surface area contributed by atoms with Crippen LogP contribution in [0.15, 0.2) is 60.8 Å². The topological polar surface area (TPSA) is 66.4 Å². The maximum absolute atomic E-state index is 5.15. The standard InChI is InChI=1S/C22H26N6O/c1-29-16-11-23-20-17-19(18-7-3-2-4-8-18)25-22(26-20)28-14-12-27(13-15-28)21-9-5-6-10-24-21/h2-10,17H,11-16H2,1H3,(H,23,25,26). The highest BCUT2D eigenvalue weighted by Crippen LogP contribution is 2.24. The summed E-state index contributed by atoms with van der Waals surface area (Å²) in [6.07, 6.45) is 1.84. The molecule has 0 amide bonds. The summed E-state index contributed by atoms with van der Waals surface area (Å²) in [6.45, 7) is 4.82. The average molecular weight is 390 g/mol. The largest absolute Gasteiger partial charge is 0.383 e. The SMILES string of the molecule is COCCNc1cc(-c2ccccc2)nc(N2CCN(c3ccccn3)CC2)n1. The second-order valence-corrected chi connectivity index (χ2v) is 6.89. The van der Waals surface area contributed by atoms with Gasteiger partial charge in [0.2, 0.25) is 5.95 Å². The highest BCUT2D eigenvalue weighted by Gasteiger charge is 2.21. The molecule has 0 unspecified atom stereocenters. The third kappa shape index (κ3) is 4.81. The second kappa shape index (κ2) is 9.34. The molecule has 29 heavy (non-hydrogen) atoms. The van der Waals surface area contributed by atoms with Crippen LogP contribution in [-0.4, -0.2) is 61.4 Å². The molecule has 7 heteroatoms. The summed E-state index contributed by atoms with van der Waals surface area (Å²) in [5.74, 6) is 2.60. The van der Waals surface area contributed by atoms with Crippen molar-refractivity contribution in [3.05, 3.63) is 60.8 Å². The van der Waals surface area contributed by atoms with E-state index in [1.807, 2.05) is 42.6 Å². The number of benzene rings is 1. The van der Waals surface area contributed by atoms with Gasteiger partial charge in [0, 0.05) is 57.7 Å². The van der Waals surface area contributed by atoms with E-state index in [4.69, 9.17) is 14.7 Å². The molecule has 3 heterocycles. The number of ether oxygens (including phenoxy) is 1. The minimum absolute atomic E-state index is 0.628. The van der Waals surface area contributed by atoms with Crippen LogP contribution >= 0.6 is 0 Å². The first-order chi connectivity index (χ1) is 14.3. The van der Waals surface area contributed by atoms with Gasteiger partial charge in [0.05, 0.1) is 12.3 Å². The first-order valence-electron chi connectivity index (χ1n) is 9.92. The fourth-order valence-electron chi connectivity index (χ4n) is 3.38. The lowest BCUT2D eigenvalue weighted by Gasteiger charge is -2.35. The number of rotatable bonds is 7. The molecule has 1 aliphatic heterocycles. The van der Waals surface area contributed by atoms with Gasteiger partial charge in [-0.25, -0.2) is 9.97 Å². The van der Waals surface area contributed by atoms with Crippen molar-refractivity contribution in [3.63, 3.8) is 0 Å². The van der Waals surface area contributed by atoms with E-state index >= 15 is 0 Å². The Bertz CT molecular complexity index is 898. The minimum atomic E-state index is 0.628. The molecule has 0 radical (unpaired) electrons. The molecule has 4 rings (SSSR count). The second-order valence-electron chi connectivity index (χ2n) is 6.89. The number of hydrogen-bond donors (Lipinski definition) is 1. The summed E-state index contributed by atoms with van der Waals surface area (Å²) in [6, 6.07) is 18.2. The Hall–Kier alpha value is -3.19. The van der Waals surface area contributed by atoms with Crippen molar-refractivity contribution in [1.82, 2.24) is 15.0 Å². The Morgan fingerprint density at radius 1 is 0.931 bits per heavy atom. The number of methoxy groups -OCH3 is 1. The van der Waals surface area contributed by atoms with E-state index in [9.17, 15) is 0 Å². The fraction of sp³-hybridized carbons (Fsp3) is 0.318. The average Bonchev–Trinajstić information content (AvgIpc) is 2.80. The van der Waals surface area contributed by atoms with E-state index in [1.165, 1.54) is 0 Å². The van der Waals surface area contributed by atoms with Crippen LogP contribution in [0.3, 0.4) is 0 Å². The molecule has 0 spiro atoms. The van der Waals surface area contributed by atoms with E-state index in [-0.39, 0.29) is 0 Å². The van der Waals surface area contributed by atoms with Gasteiger partial charge >= 0.3 is 0 Å². The van der Waals surface area contributed by atoms with Gasteiger partial charge in [-0.3, -0.25) is 0 Å². The van der Waals surface area contributed by atoms with Crippen LogP contribution in [0.1, 0.15) is 0 Å². The Balaban J connectivity index is 1.53. The number of nitrogens with one attached hydrogen (secondary N) is 1. The molecule has 1 aromatic carbocycles. The van der Waals surface area contributed by atoms with Gasteiger partial charge in [-0.05, 0) is 12.1 Å². The van der Waals surface area contributed by atoms with Crippen LogP contribution in [0, 0.1) is 0 Å². The summed E-state index contributed by atoms with van der Waals surface area (Å²) in [7, 11) is 1.70. The number of piperazine rings is 1. The number of hydrogen-bond acceptors (Lipinski definition) is 7. The predicted octanol–water partition coefficient (Wildman–Crippen LogP) is 2.92. The number of aromatic nitrogens is 3. The first kappa shape index (κ1) is 19.1. The van der Waals surface area contributed by atoms with Crippen molar-refractivity contribution in [2.45, 2.75) is 0 Å². The van der Waals surface area contributed by atoms with Gasteiger partial charge < -0.3 is 19.9 Å². The number of pyridine rings is 1. The molecule has 0 bridgehead atoms. The van der Waals surface area contributed by atoms with E-state index in [0.29, 0.717) is 13.2 Å². The number of anilines is 3. The van der Waals surface area contributed by atoms with E-state index < -0.39 is 0 Å². The van der Waals surface area contributed by atoms with Crippen LogP contribution in [0.2, 0.25) is 0 Å². The van der Waals surface area contributed by atoms with Gasteiger partial charge in [0.15, 0.2) is 0 Å². The third-order valence-corrected chi connectivity index (χ3v) is 4.93. The lowest BCUT2D eigenvalue weighted by Crippen LogP contribution is -2.47. The third-order valence-electron chi connectivity index (χ3n) is 4.93. The van der Waals surface area contributed by atoms with Gasteiger partial charge in [-0.15, -0.1) is 0 Å². The Kier molecular flexibility index (Phi) is 6.16. The summed E-state index contributed by atoms with van der Waals surface area (Å²) in [4.78, 5) is 18.6. The monoisotopic (exact) mass is 390 g/mol. The van der Waals surface area contributed by atoms with Gasteiger partial charge in [0.1, 0.15) is 11.6 Å². The predicted molar refractivity (Wildman–Crippen MR) is 116 cm³/mol. The quantitative estimate of drug-likeness (QED) is 0.622. The summed E-state index contributed by atoms with van der Waals surface area (Å²) in [5, 5.41) is 3.35. The van der Waals surface area contributed by atoms with Crippen molar-refractivity contribution in [2.75, 3.05) is 61.6 Å². The van der Waals surface area contributed by atoms with Crippen LogP contribution in [0.5, 0.6) is 0 Å². The molecule has 1 aliphatic rings. The first-order valence-corrected chi connectivity index (χ1v) is 9.92. The molecular formula is C22H26N6O. The van der Waals surface area contributed by atoms with E-state index in [1.54, 1.807) is 7.11 Å². The summed E-state index contributed by atoms with van der Waals surface area (Å²) < 4.78 is 5.15. The van der Waals surface area contributed by atoms with Gasteiger partial charge in [-0.1, -0.05) is 36.4 Å². The van der Waals surface area contributed by atoms with Crippen LogP contribution in [-0.2, 0) is 4.74 Å². The summed E-state index contributed by atoms with van der Waals surface area (Å²) >= 11 is 0. The van der Waals surface area contributed by atoms with Crippen molar-refractivity contribution < 1.29 is 4.74 Å². The maximum Gasteiger partial charge on any atom is 0.227 e. The zero-order valence-corrected chi connectivity index (χ0v) is 16.7. The van der Waals surface area contributed by atoms with Crippen molar-refractivity contribution in [1.29, 1.82) is 0 Å². The van der Waals surface area contributed by atoms with Crippen LogP contribution < -0.4 is 15.1 Å². The highest BCUT2D eigenvalue weighted by atomic mass is 16.5. The summed E-state index contributed by atoms with van der Waals surface area (Å²) in [5.41, 5.74) is 2.00. The zero-order chi connectivity index (χ0) is 19.9. The van der Waals surface area contributed by atoms with Crippen molar-refractivity contribution in [2.24, 2.45) is 0 Å². The van der Waals surface area contributed by atoms with Crippen molar-refractivity contribution >= 4 is 17.6 Å². The molecule has 7 nitrogen and oxygen atoms in total. The zero-order valence-electron chi connectivity index (χ0n) is 16.7. The normalized spacial score (nSPS) is 14.1. The minimum Gasteiger partial charge on any atom is -0.383 e. The Labute approximate surface area is 171 Å². The molecule has 2 aromatic heterocycles. The smallest absolute Gasteiger partial charge is 0.227 e. The molecule has 150 valence electrons. The molecular weight excluding hydrogens is 364 g/mol. The molecule has 0 saturated carbocycles. The van der Waals surface area contributed by atoms with Gasteiger partial charge in [0.25, 0.3) is 0 Å². The highest BCUT2D eigenvalue weighted by molar-refractivity contribution is 5.64. The Morgan fingerprint density at radius 3 is 2.41 bits per heavy atom. The molecule has 1 N–H and O–H groups in total. The van der Waals surface area contributed by atoms with Gasteiger partial charge in [-0.2, -0.15) is 4.98 Å². The van der Waals surface area contributed by atoms with Crippen LogP contribution in [0.25, 0.3) is 11.3 Å². The van der Waals surface area contributed by atoms with Crippen molar-refractivity contribution in [3.8, 4) is 11.3 Å². The molecule has 1 fully saturated rings. The Morgan fingerprint density at radius 2 is 1.69 bits per heavy atom. The lowest BCUT2D eigenvalue weighted by atomic mass is 10.1. The molecule has 1 saturated heterocycles. The van der Waals surface area contributed by atoms with E-state index in [0.717, 1.165) is 55.0 Å². The fourth-order valence-corrected chi connectivity index (χ4v) is 3.38. The van der Waals surface area contributed by atoms with Crippen LogP contribution in [0.4, 0.5) is 17.6 Å². The molecule has 3 aromatic rings. The number of nitrogens with zero attached hydrogens (tertiary/aromatic N) is 5. The van der Waals surface area contributed by atoms with E-state index in [2.05, 4.69) is 38.3 Å². The maximum atomic E-state index is 5.15. The lowest BCUT2D eigenvalue weighted by molar-refractivity contribution is 0.210.